The van der Waals surface area contributed by atoms with Gasteiger partial charge in [0.1, 0.15) is 11.6 Å². The number of anilines is 1. The second kappa shape index (κ2) is 9.80. The molecule has 0 spiro atoms. The van der Waals surface area contributed by atoms with E-state index in [1.54, 1.807) is 18.4 Å². The van der Waals surface area contributed by atoms with E-state index in [1.165, 1.54) is 16.6 Å². The first kappa shape index (κ1) is 21.1. The molecule has 2 aromatic heterocycles. The molecule has 0 atom stereocenters. The van der Waals surface area contributed by atoms with Crippen LogP contribution >= 0.6 is 23.1 Å². The molecule has 31 heavy (non-hydrogen) atoms. The van der Waals surface area contributed by atoms with E-state index in [-0.39, 0.29) is 11.7 Å². The van der Waals surface area contributed by atoms with Crippen LogP contribution in [-0.2, 0) is 11.2 Å². The third kappa shape index (κ3) is 5.15. The van der Waals surface area contributed by atoms with E-state index in [1.807, 2.05) is 66.1 Å². The average molecular weight is 451 g/mol. The smallest absolute Gasteiger partial charge is 0.234 e. The van der Waals surface area contributed by atoms with Gasteiger partial charge in [-0.3, -0.25) is 9.36 Å². The van der Waals surface area contributed by atoms with E-state index in [4.69, 9.17) is 4.74 Å². The summed E-state index contributed by atoms with van der Waals surface area (Å²) >= 11 is 3.05. The maximum Gasteiger partial charge on any atom is 0.234 e. The molecule has 0 saturated heterocycles. The molecule has 4 aromatic rings. The summed E-state index contributed by atoms with van der Waals surface area (Å²) in [6.45, 7) is 1.97. The highest BCUT2D eigenvalue weighted by molar-refractivity contribution is 7.99. The standard InChI is InChI=1S/C23H22N4O2S2/c1-16-6-3-4-8-20(16)24-22(28)15-31-23-26-25-21(14-19-7-5-13-30-19)27(23)17-9-11-18(29-2)12-10-17/h3-13H,14-15H2,1-2H3,(H,24,28). The van der Waals surface area contributed by atoms with Crippen molar-refractivity contribution in [2.24, 2.45) is 0 Å². The largest absolute Gasteiger partial charge is 0.497 e. The number of ether oxygens (including phenoxy) is 1. The maximum absolute atomic E-state index is 12.5. The van der Waals surface area contributed by atoms with Crippen LogP contribution in [0.25, 0.3) is 5.69 Å². The molecule has 2 aromatic carbocycles. The molecule has 1 amide bonds. The van der Waals surface area contributed by atoms with E-state index < -0.39 is 0 Å². The van der Waals surface area contributed by atoms with Crippen LogP contribution in [-0.4, -0.2) is 33.5 Å². The number of rotatable bonds is 8. The first-order valence-corrected chi connectivity index (χ1v) is 11.6. The third-order valence-corrected chi connectivity index (χ3v) is 6.50. The van der Waals surface area contributed by atoms with Crippen molar-refractivity contribution in [1.82, 2.24) is 14.8 Å². The van der Waals surface area contributed by atoms with Gasteiger partial charge in [0.25, 0.3) is 0 Å². The van der Waals surface area contributed by atoms with E-state index in [0.717, 1.165) is 28.5 Å². The van der Waals surface area contributed by atoms with Crippen LogP contribution in [0.2, 0.25) is 0 Å². The predicted molar refractivity (Wildman–Crippen MR) is 126 cm³/mol. The van der Waals surface area contributed by atoms with Crippen molar-refractivity contribution < 1.29 is 9.53 Å². The molecule has 0 fully saturated rings. The fourth-order valence-electron chi connectivity index (χ4n) is 3.10. The Morgan fingerprint density at radius 1 is 1.10 bits per heavy atom. The summed E-state index contributed by atoms with van der Waals surface area (Å²) in [5.41, 5.74) is 2.78. The first-order chi connectivity index (χ1) is 15.1. The first-order valence-electron chi connectivity index (χ1n) is 9.73. The summed E-state index contributed by atoms with van der Waals surface area (Å²) in [6.07, 6.45) is 0.673. The highest BCUT2D eigenvalue weighted by Gasteiger charge is 2.17. The van der Waals surface area contributed by atoms with Crippen molar-refractivity contribution in [3.05, 3.63) is 82.3 Å². The lowest BCUT2D eigenvalue weighted by atomic mass is 10.2. The molecule has 0 radical (unpaired) electrons. The average Bonchev–Trinajstić information content (AvgIpc) is 3.44. The number of benzene rings is 2. The number of thioether (sulfide) groups is 1. The molecule has 0 bridgehead atoms. The van der Waals surface area contributed by atoms with Crippen molar-refractivity contribution in [2.45, 2.75) is 18.5 Å². The molecular formula is C23H22N4O2S2. The van der Waals surface area contributed by atoms with E-state index in [0.29, 0.717) is 11.6 Å². The lowest BCUT2D eigenvalue weighted by Gasteiger charge is -2.11. The van der Waals surface area contributed by atoms with Gasteiger partial charge in [0.2, 0.25) is 5.91 Å². The second-order valence-electron chi connectivity index (χ2n) is 6.84. The number of carbonyl (C=O) groups is 1. The Morgan fingerprint density at radius 3 is 2.61 bits per heavy atom. The summed E-state index contributed by atoms with van der Waals surface area (Å²) in [6, 6.07) is 19.6. The van der Waals surface area contributed by atoms with Crippen molar-refractivity contribution in [1.29, 1.82) is 0 Å². The van der Waals surface area contributed by atoms with Gasteiger partial charge < -0.3 is 10.1 Å². The fraction of sp³-hybridized carbons (Fsp3) is 0.174. The highest BCUT2D eigenvalue weighted by Crippen LogP contribution is 2.26. The third-order valence-electron chi connectivity index (χ3n) is 4.69. The number of nitrogens with one attached hydrogen (secondary N) is 1. The molecule has 0 saturated carbocycles. The van der Waals surface area contributed by atoms with E-state index in [2.05, 4.69) is 27.0 Å². The molecule has 2 heterocycles. The number of carbonyl (C=O) groups excluding carboxylic acids is 1. The van der Waals surface area contributed by atoms with Crippen molar-refractivity contribution >= 4 is 34.7 Å². The van der Waals surface area contributed by atoms with Gasteiger partial charge in [-0.2, -0.15) is 0 Å². The minimum Gasteiger partial charge on any atom is -0.497 e. The number of methoxy groups -OCH3 is 1. The Morgan fingerprint density at radius 2 is 1.90 bits per heavy atom. The molecule has 4 rings (SSSR count). The van der Waals surface area contributed by atoms with Gasteiger partial charge in [-0.15, -0.1) is 21.5 Å². The van der Waals surface area contributed by atoms with Gasteiger partial charge in [0, 0.05) is 22.7 Å². The second-order valence-corrected chi connectivity index (χ2v) is 8.81. The molecule has 0 aliphatic carbocycles. The Balaban J connectivity index is 1.55. The Bertz CT molecular complexity index is 1150. The van der Waals surface area contributed by atoms with Gasteiger partial charge in [0.15, 0.2) is 5.16 Å². The van der Waals surface area contributed by atoms with Gasteiger partial charge in [0.05, 0.1) is 12.9 Å². The van der Waals surface area contributed by atoms with E-state index >= 15 is 0 Å². The minimum absolute atomic E-state index is 0.0802. The summed E-state index contributed by atoms with van der Waals surface area (Å²) in [5.74, 6) is 1.77. The quantitative estimate of drug-likeness (QED) is 0.384. The maximum atomic E-state index is 12.5. The van der Waals surface area contributed by atoms with Crippen LogP contribution in [0, 0.1) is 6.92 Å². The Kier molecular flexibility index (Phi) is 6.69. The van der Waals surface area contributed by atoms with Crippen LogP contribution < -0.4 is 10.1 Å². The monoisotopic (exact) mass is 450 g/mol. The minimum atomic E-state index is -0.0802. The molecule has 0 aliphatic rings. The molecular weight excluding hydrogens is 428 g/mol. The summed E-state index contributed by atoms with van der Waals surface area (Å²) in [4.78, 5) is 13.7. The normalized spacial score (nSPS) is 10.8. The number of hydrogen-bond acceptors (Lipinski definition) is 6. The summed E-state index contributed by atoms with van der Waals surface area (Å²) in [5, 5.41) is 14.5. The lowest BCUT2D eigenvalue weighted by molar-refractivity contribution is -0.113. The van der Waals surface area contributed by atoms with Crippen LogP contribution in [0.4, 0.5) is 5.69 Å². The molecule has 158 valence electrons. The number of nitrogens with zero attached hydrogens (tertiary/aromatic N) is 3. The SMILES string of the molecule is COc1ccc(-n2c(Cc3cccs3)nnc2SCC(=O)Nc2ccccc2C)cc1. The summed E-state index contributed by atoms with van der Waals surface area (Å²) < 4.78 is 7.29. The Labute approximate surface area is 189 Å². The zero-order valence-electron chi connectivity index (χ0n) is 17.2. The molecule has 1 N–H and O–H groups in total. The highest BCUT2D eigenvalue weighted by atomic mass is 32.2. The van der Waals surface area contributed by atoms with Crippen molar-refractivity contribution in [2.75, 3.05) is 18.2 Å². The zero-order valence-corrected chi connectivity index (χ0v) is 18.9. The summed E-state index contributed by atoms with van der Waals surface area (Å²) in [7, 11) is 1.64. The van der Waals surface area contributed by atoms with Gasteiger partial charge in [-0.1, -0.05) is 36.0 Å². The molecule has 0 unspecified atom stereocenters. The van der Waals surface area contributed by atoms with Crippen molar-refractivity contribution in [3.63, 3.8) is 0 Å². The van der Waals surface area contributed by atoms with Crippen LogP contribution in [0.3, 0.4) is 0 Å². The van der Waals surface area contributed by atoms with Crippen LogP contribution in [0.5, 0.6) is 5.75 Å². The van der Waals surface area contributed by atoms with Gasteiger partial charge in [-0.25, -0.2) is 0 Å². The molecule has 8 heteroatoms. The number of para-hydroxylation sites is 1. The van der Waals surface area contributed by atoms with E-state index in [9.17, 15) is 4.79 Å². The van der Waals surface area contributed by atoms with Crippen LogP contribution in [0.15, 0.2) is 71.2 Å². The van der Waals surface area contributed by atoms with Crippen molar-refractivity contribution in [3.8, 4) is 11.4 Å². The number of amides is 1. The predicted octanol–water partition coefficient (Wildman–Crippen LogP) is 4.97. The fourth-order valence-corrected chi connectivity index (χ4v) is 4.57. The lowest BCUT2D eigenvalue weighted by Crippen LogP contribution is -2.15. The topological polar surface area (TPSA) is 69.0 Å². The number of aryl methyl sites for hydroxylation is 1. The van der Waals surface area contributed by atoms with Gasteiger partial charge >= 0.3 is 0 Å². The zero-order chi connectivity index (χ0) is 21.6. The number of hydrogen-bond donors (Lipinski definition) is 1. The Hall–Kier alpha value is -3.10. The van der Waals surface area contributed by atoms with Crippen LogP contribution in [0.1, 0.15) is 16.3 Å². The molecule has 6 nitrogen and oxygen atoms in total. The van der Waals surface area contributed by atoms with Gasteiger partial charge in [-0.05, 0) is 54.3 Å². The molecule has 0 aliphatic heterocycles. The number of aromatic nitrogens is 3. The number of thiophene rings is 1.